The van der Waals surface area contributed by atoms with Gasteiger partial charge in [-0.3, -0.25) is 9.89 Å². The molecule has 6 rings (SSSR count). The Morgan fingerprint density at radius 3 is 1.69 bits per heavy atom. The summed E-state index contributed by atoms with van der Waals surface area (Å²) in [6.07, 6.45) is 3.99. The number of aliphatic imine (C=N–C) groups is 1. The van der Waals surface area contributed by atoms with Crippen LogP contribution in [-0.4, -0.2) is 43.4 Å². The summed E-state index contributed by atoms with van der Waals surface area (Å²) in [5.74, 6) is 0.342. The summed E-state index contributed by atoms with van der Waals surface area (Å²) < 4.78 is 0. The number of rotatable bonds is 8. The molecule has 5 aromatic carbocycles. The highest BCUT2D eigenvalue weighted by atomic mass is 28.3. The van der Waals surface area contributed by atoms with E-state index in [-0.39, 0.29) is 6.04 Å². The number of piperidine rings is 1. The van der Waals surface area contributed by atoms with Crippen LogP contribution in [0.25, 0.3) is 0 Å². The Kier molecular flexibility index (Phi) is 8.45. The molecule has 0 radical (unpaired) electrons. The second-order valence-corrected chi connectivity index (χ2v) is 15.1. The zero-order valence-electron chi connectivity index (χ0n) is 24.2. The summed E-state index contributed by atoms with van der Waals surface area (Å²) in [6.45, 7) is 5.19. The van der Waals surface area contributed by atoms with Gasteiger partial charge in [0, 0.05) is 31.4 Å². The fourth-order valence-electron chi connectivity index (χ4n) is 6.48. The topological polar surface area (TPSA) is 35.8 Å². The molecule has 42 heavy (non-hydrogen) atoms. The molecule has 0 aliphatic carbocycles. The van der Waals surface area contributed by atoms with Crippen molar-refractivity contribution in [3.05, 3.63) is 150 Å². The van der Waals surface area contributed by atoms with Crippen molar-refractivity contribution in [3.8, 4) is 5.75 Å². The molecule has 210 valence electrons. The van der Waals surface area contributed by atoms with Crippen LogP contribution in [0.4, 0.5) is 0 Å². The molecule has 1 saturated heterocycles. The average molecular weight is 567 g/mol. The Bertz CT molecular complexity index is 1520. The molecular weight excluding hydrogens is 529 g/mol. The van der Waals surface area contributed by atoms with E-state index in [0.717, 1.165) is 48.8 Å². The van der Waals surface area contributed by atoms with Gasteiger partial charge in [-0.15, -0.1) is 0 Å². The van der Waals surface area contributed by atoms with E-state index in [1.165, 1.54) is 21.1 Å². The van der Waals surface area contributed by atoms with Crippen molar-refractivity contribution in [1.29, 1.82) is 0 Å². The van der Waals surface area contributed by atoms with E-state index >= 15 is 0 Å². The Balaban J connectivity index is 1.37. The van der Waals surface area contributed by atoms with Crippen LogP contribution in [0.3, 0.4) is 0 Å². The van der Waals surface area contributed by atoms with Gasteiger partial charge < -0.3 is 5.11 Å². The Labute approximate surface area is 250 Å². The van der Waals surface area contributed by atoms with Gasteiger partial charge in [0.05, 0.1) is 6.04 Å². The maximum absolute atomic E-state index is 12.1. The van der Waals surface area contributed by atoms with Crippen LogP contribution < -0.4 is 20.7 Å². The number of likely N-dealkylation sites (tertiary alicyclic amines) is 1. The van der Waals surface area contributed by atoms with Crippen molar-refractivity contribution in [2.75, 3.05) is 13.1 Å². The normalized spacial score (nSPS) is 14.8. The molecule has 0 saturated carbocycles. The first-order valence-corrected chi connectivity index (χ1v) is 16.9. The SMILES string of the molecule is Cc1cc(C=NC2CCN(Cc3ccccc3)CC2)c(O)c([Si](c2ccccc2)(c2ccccc2)c2ccccc2)c1. The molecule has 0 amide bonds. The molecule has 1 aliphatic rings. The molecule has 0 bridgehead atoms. The highest BCUT2D eigenvalue weighted by molar-refractivity contribution is 7.20. The molecule has 1 N–H and O–H groups in total. The molecule has 0 spiro atoms. The van der Waals surface area contributed by atoms with Crippen LogP contribution in [0.2, 0.25) is 0 Å². The molecule has 3 nitrogen and oxygen atoms in total. The van der Waals surface area contributed by atoms with Gasteiger partial charge in [-0.25, -0.2) is 0 Å². The number of hydrogen-bond acceptors (Lipinski definition) is 3. The van der Waals surface area contributed by atoms with Crippen LogP contribution in [0.1, 0.15) is 29.5 Å². The average Bonchev–Trinajstić information content (AvgIpc) is 3.05. The minimum absolute atomic E-state index is 0.264. The lowest BCUT2D eigenvalue weighted by Crippen LogP contribution is -2.74. The summed E-state index contributed by atoms with van der Waals surface area (Å²) in [5.41, 5.74) is 3.29. The van der Waals surface area contributed by atoms with Gasteiger partial charge in [-0.05, 0) is 52.1 Å². The van der Waals surface area contributed by atoms with Crippen LogP contribution in [0.5, 0.6) is 5.75 Å². The highest BCUT2D eigenvalue weighted by Gasteiger charge is 2.43. The molecule has 1 fully saturated rings. The quantitative estimate of drug-likeness (QED) is 0.160. The zero-order chi connectivity index (χ0) is 28.8. The maximum Gasteiger partial charge on any atom is 0.183 e. The number of aromatic hydroxyl groups is 1. The lowest BCUT2D eigenvalue weighted by atomic mass is 10.0. The fraction of sp³-hybridized carbons (Fsp3) is 0.184. The van der Waals surface area contributed by atoms with Crippen molar-refractivity contribution in [3.63, 3.8) is 0 Å². The second-order valence-electron chi connectivity index (χ2n) is 11.4. The molecule has 0 atom stereocenters. The molecule has 0 aromatic heterocycles. The van der Waals surface area contributed by atoms with Crippen molar-refractivity contribution in [2.45, 2.75) is 32.4 Å². The van der Waals surface area contributed by atoms with Crippen molar-refractivity contribution < 1.29 is 5.11 Å². The van der Waals surface area contributed by atoms with Gasteiger partial charge in [0.1, 0.15) is 5.75 Å². The predicted molar refractivity (Wildman–Crippen MR) is 179 cm³/mol. The lowest BCUT2D eigenvalue weighted by Gasteiger charge is -2.35. The van der Waals surface area contributed by atoms with E-state index in [1.54, 1.807) is 0 Å². The summed E-state index contributed by atoms with van der Waals surface area (Å²) in [5, 5.41) is 16.9. The van der Waals surface area contributed by atoms with E-state index in [0.29, 0.717) is 5.75 Å². The molecule has 1 heterocycles. The van der Waals surface area contributed by atoms with Crippen LogP contribution in [0.15, 0.2) is 138 Å². The van der Waals surface area contributed by atoms with E-state index in [9.17, 15) is 5.11 Å². The minimum Gasteiger partial charge on any atom is -0.507 e. The molecule has 0 unspecified atom stereocenters. The summed E-state index contributed by atoms with van der Waals surface area (Å²) in [4.78, 5) is 7.56. The Hall–Kier alpha value is -4.25. The van der Waals surface area contributed by atoms with Crippen LogP contribution in [0, 0.1) is 6.92 Å². The number of aryl methyl sites for hydroxylation is 1. The van der Waals surface area contributed by atoms with E-state index < -0.39 is 8.07 Å². The third kappa shape index (κ3) is 5.74. The fourth-order valence-corrected chi connectivity index (χ4v) is 11.4. The Morgan fingerprint density at radius 2 is 1.19 bits per heavy atom. The van der Waals surface area contributed by atoms with Crippen molar-refractivity contribution in [1.82, 2.24) is 4.90 Å². The third-order valence-corrected chi connectivity index (χ3v) is 13.3. The second kappa shape index (κ2) is 12.7. The summed E-state index contributed by atoms with van der Waals surface area (Å²) in [7, 11) is -2.84. The lowest BCUT2D eigenvalue weighted by molar-refractivity contribution is 0.206. The molecule has 1 aliphatic heterocycles. The molecule has 4 heteroatoms. The number of phenolic OH excluding ortho intramolecular Hbond substituents is 1. The van der Waals surface area contributed by atoms with Gasteiger partial charge in [-0.1, -0.05) is 133 Å². The monoisotopic (exact) mass is 566 g/mol. The molecule has 5 aromatic rings. The number of nitrogens with zero attached hydrogens (tertiary/aromatic N) is 2. The third-order valence-electron chi connectivity index (χ3n) is 8.54. The minimum atomic E-state index is -2.84. The molecular formula is C38H38N2OSi. The van der Waals surface area contributed by atoms with Gasteiger partial charge in [-0.2, -0.15) is 0 Å². The first-order valence-electron chi connectivity index (χ1n) is 14.9. The summed E-state index contributed by atoms with van der Waals surface area (Å²) >= 11 is 0. The Morgan fingerprint density at radius 1 is 0.714 bits per heavy atom. The van der Waals surface area contributed by atoms with Gasteiger partial charge >= 0.3 is 0 Å². The van der Waals surface area contributed by atoms with E-state index in [4.69, 9.17) is 4.99 Å². The van der Waals surface area contributed by atoms with Crippen molar-refractivity contribution >= 4 is 35.0 Å². The summed E-state index contributed by atoms with van der Waals surface area (Å²) in [6, 6.07) is 47.5. The number of benzene rings is 5. The number of phenols is 1. The van der Waals surface area contributed by atoms with Crippen molar-refractivity contribution in [2.24, 2.45) is 4.99 Å². The first-order chi connectivity index (χ1) is 20.6. The van der Waals surface area contributed by atoms with Gasteiger partial charge in [0.25, 0.3) is 0 Å². The standard InChI is InChI=1S/C38H38N2OSi/c1-30-26-32(28-39-33-22-24-40(25-23-33)29-31-14-6-2-7-15-31)38(41)37(27-30)42(34-16-8-3-9-17-34,35-18-10-4-11-19-35)36-20-12-5-13-21-36/h2-21,26-28,33,41H,22-25,29H2,1H3. The van der Waals surface area contributed by atoms with Gasteiger partial charge in [0.2, 0.25) is 0 Å². The van der Waals surface area contributed by atoms with E-state index in [2.05, 4.69) is 145 Å². The number of hydrogen-bond donors (Lipinski definition) is 1. The zero-order valence-corrected chi connectivity index (χ0v) is 25.2. The smallest absolute Gasteiger partial charge is 0.183 e. The van der Waals surface area contributed by atoms with Crippen LogP contribution in [-0.2, 0) is 6.54 Å². The van der Waals surface area contributed by atoms with E-state index in [1.807, 2.05) is 6.21 Å². The highest BCUT2D eigenvalue weighted by Crippen LogP contribution is 2.22. The maximum atomic E-state index is 12.1. The largest absolute Gasteiger partial charge is 0.507 e. The first kappa shape index (κ1) is 27.9. The predicted octanol–water partition coefficient (Wildman–Crippen LogP) is 5.16. The van der Waals surface area contributed by atoms with Gasteiger partial charge in [0.15, 0.2) is 8.07 Å². The van der Waals surface area contributed by atoms with Crippen LogP contribution >= 0.6 is 0 Å².